The van der Waals surface area contributed by atoms with Crippen LogP contribution in [0.5, 0.6) is 0 Å². The van der Waals surface area contributed by atoms with Gasteiger partial charge in [-0.2, -0.15) is 0 Å². The molecule has 5 atom stereocenters. The summed E-state index contributed by atoms with van der Waals surface area (Å²) in [7, 11) is 2.22. The number of furan rings is 1. The third-order valence-corrected chi connectivity index (χ3v) is 5.65. The molecule has 1 aromatic rings. The summed E-state index contributed by atoms with van der Waals surface area (Å²) in [5.41, 5.74) is 6.07. The highest BCUT2D eigenvalue weighted by Gasteiger charge is 2.37. The van der Waals surface area contributed by atoms with Gasteiger partial charge in [-0.3, -0.25) is 4.90 Å². The van der Waals surface area contributed by atoms with Crippen molar-refractivity contribution in [1.82, 2.24) is 4.90 Å². The Bertz CT molecular complexity index is 470. The first-order valence-corrected chi connectivity index (χ1v) is 8.61. The van der Waals surface area contributed by atoms with Crippen LogP contribution in [0.25, 0.3) is 0 Å². The van der Waals surface area contributed by atoms with E-state index in [1.54, 1.807) is 0 Å². The number of hydrogen-bond acceptors (Lipinski definition) is 3. The molecular formula is C18H30N2O. The molecule has 3 nitrogen and oxygen atoms in total. The number of nitrogens with zero attached hydrogens (tertiary/aromatic N) is 1. The molecule has 1 heterocycles. The maximum Gasteiger partial charge on any atom is 0.122 e. The molecule has 3 heteroatoms. The lowest BCUT2D eigenvalue weighted by atomic mass is 9.86. The third-order valence-electron chi connectivity index (χ3n) is 5.65. The summed E-state index contributed by atoms with van der Waals surface area (Å²) in [4.78, 5) is 2.47. The maximum atomic E-state index is 6.15. The van der Waals surface area contributed by atoms with E-state index in [2.05, 4.69) is 37.9 Å². The van der Waals surface area contributed by atoms with Gasteiger partial charge in [0, 0.05) is 18.5 Å². The average Bonchev–Trinajstić information content (AvgIpc) is 3.00. The van der Waals surface area contributed by atoms with E-state index in [0.29, 0.717) is 18.5 Å². The molecule has 3 rings (SSSR count). The first-order chi connectivity index (χ1) is 10.1. The monoisotopic (exact) mass is 290 g/mol. The molecule has 2 N–H and O–H groups in total. The summed E-state index contributed by atoms with van der Waals surface area (Å²) in [6, 6.07) is 5.20. The van der Waals surface area contributed by atoms with Crippen LogP contribution in [0.3, 0.4) is 0 Å². The summed E-state index contributed by atoms with van der Waals surface area (Å²) in [5, 5.41) is 0. The zero-order valence-corrected chi connectivity index (χ0v) is 13.7. The molecule has 2 saturated carbocycles. The highest BCUT2D eigenvalue weighted by molar-refractivity contribution is 5.19. The summed E-state index contributed by atoms with van der Waals surface area (Å²) in [5.74, 6) is 4.51. The summed E-state index contributed by atoms with van der Waals surface area (Å²) >= 11 is 0. The molecule has 0 bridgehead atoms. The van der Waals surface area contributed by atoms with Crippen molar-refractivity contribution >= 4 is 0 Å². The lowest BCUT2D eigenvalue weighted by Gasteiger charge is -2.37. The van der Waals surface area contributed by atoms with Crippen LogP contribution in [0.1, 0.15) is 69.4 Å². The number of likely N-dealkylation sites (N-methyl/N-ethyl adjacent to an activating group) is 1. The Morgan fingerprint density at radius 2 is 2.05 bits per heavy atom. The van der Waals surface area contributed by atoms with Crippen LogP contribution in [0.2, 0.25) is 0 Å². The number of rotatable bonds is 5. The van der Waals surface area contributed by atoms with Crippen LogP contribution in [0.15, 0.2) is 16.5 Å². The van der Waals surface area contributed by atoms with Gasteiger partial charge in [0.2, 0.25) is 0 Å². The molecule has 0 saturated heterocycles. The van der Waals surface area contributed by atoms with Crippen LogP contribution in [0.4, 0.5) is 0 Å². The third kappa shape index (κ3) is 3.19. The van der Waals surface area contributed by atoms with Gasteiger partial charge in [-0.05, 0) is 50.3 Å². The van der Waals surface area contributed by atoms with E-state index < -0.39 is 0 Å². The van der Waals surface area contributed by atoms with Crippen LogP contribution in [0, 0.1) is 11.8 Å². The van der Waals surface area contributed by atoms with Crippen LogP contribution in [-0.4, -0.2) is 24.5 Å². The van der Waals surface area contributed by atoms with Crippen molar-refractivity contribution in [3.63, 3.8) is 0 Å². The molecule has 2 fully saturated rings. The highest BCUT2D eigenvalue weighted by atomic mass is 16.3. The first kappa shape index (κ1) is 15.1. The predicted molar refractivity (Wildman–Crippen MR) is 86.2 cm³/mol. The van der Waals surface area contributed by atoms with Gasteiger partial charge in [0.05, 0.1) is 6.04 Å². The van der Waals surface area contributed by atoms with Gasteiger partial charge in [0.1, 0.15) is 11.5 Å². The molecule has 118 valence electrons. The molecule has 0 radical (unpaired) electrons. The van der Waals surface area contributed by atoms with E-state index in [1.807, 2.05) is 0 Å². The van der Waals surface area contributed by atoms with Crippen LogP contribution >= 0.6 is 0 Å². The minimum absolute atomic E-state index is 0.225. The van der Waals surface area contributed by atoms with Gasteiger partial charge < -0.3 is 10.2 Å². The standard InChI is InChI=1S/C18H30N2O/c1-12-5-4-6-14(9-12)20(3)16(11-19)18-8-7-17(21-18)15-10-13(15)2/h7-8,12-16H,4-6,9-11,19H2,1-3H3. The Morgan fingerprint density at radius 1 is 1.29 bits per heavy atom. The number of hydrogen-bond donors (Lipinski definition) is 1. The Morgan fingerprint density at radius 3 is 2.67 bits per heavy atom. The van der Waals surface area contributed by atoms with Gasteiger partial charge in [-0.1, -0.05) is 26.7 Å². The van der Waals surface area contributed by atoms with Crippen LogP contribution in [-0.2, 0) is 0 Å². The van der Waals surface area contributed by atoms with Gasteiger partial charge in [-0.25, -0.2) is 0 Å². The van der Waals surface area contributed by atoms with E-state index in [0.717, 1.165) is 17.6 Å². The van der Waals surface area contributed by atoms with Gasteiger partial charge in [0.15, 0.2) is 0 Å². The molecule has 0 amide bonds. The van der Waals surface area contributed by atoms with Crippen molar-refractivity contribution in [1.29, 1.82) is 0 Å². The second-order valence-corrected chi connectivity index (χ2v) is 7.40. The predicted octanol–water partition coefficient (Wildman–Crippen LogP) is 3.91. The Labute approximate surface area is 128 Å². The highest BCUT2D eigenvalue weighted by Crippen LogP contribution is 2.47. The minimum Gasteiger partial charge on any atom is -0.464 e. The van der Waals surface area contributed by atoms with Crippen LogP contribution < -0.4 is 5.73 Å². The van der Waals surface area contributed by atoms with Gasteiger partial charge >= 0.3 is 0 Å². The van der Waals surface area contributed by atoms with E-state index in [9.17, 15) is 0 Å². The summed E-state index contributed by atoms with van der Waals surface area (Å²) in [6.07, 6.45) is 6.58. The normalized spacial score (nSPS) is 34.1. The lowest BCUT2D eigenvalue weighted by Crippen LogP contribution is -2.40. The molecule has 0 aromatic carbocycles. The molecule has 0 aliphatic heterocycles. The fourth-order valence-corrected chi connectivity index (χ4v) is 3.97. The van der Waals surface area contributed by atoms with Crippen molar-refractivity contribution < 1.29 is 4.42 Å². The smallest absolute Gasteiger partial charge is 0.122 e. The van der Waals surface area contributed by atoms with Gasteiger partial charge in [-0.15, -0.1) is 0 Å². The second-order valence-electron chi connectivity index (χ2n) is 7.40. The van der Waals surface area contributed by atoms with Crippen molar-refractivity contribution in [3.8, 4) is 0 Å². The molecule has 1 aromatic heterocycles. The zero-order chi connectivity index (χ0) is 15.0. The molecule has 0 spiro atoms. The maximum absolute atomic E-state index is 6.15. The molecule has 5 unspecified atom stereocenters. The quantitative estimate of drug-likeness (QED) is 0.894. The molecule has 2 aliphatic rings. The topological polar surface area (TPSA) is 42.4 Å². The van der Waals surface area contributed by atoms with Gasteiger partial charge in [0.25, 0.3) is 0 Å². The minimum atomic E-state index is 0.225. The van der Waals surface area contributed by atoms with Crippen molar-refractivity contribution in [2.75, 3.05) is 13.6 Å². The van der Waals surface area contributed by atoms with E-state index in [4.69, 9.17) is 10.2 Å². The van der Waals surface area contributed by atoms with E-state index in [1.165, 1.54) is 37.9 Å². The zero-order valence-electron chi connectivity index (χ0n) is 13.7. The van der Waals surface area contributed by atoms with Crippen molar-refractivity contribution in [2.24, 2.45) is 17.6 Å². The average molecular weight is 290 g/mol. The fraction of sp³-hybridized carbons (Fsp3) is 0.778. The number of nitrogens with two attached hydrogens (primary N) is 1. The lowest BCUT2D eigenvalue weighted by molar-refractivity contribution is 0.108. The largest absolute Gasteiger partial charge is 0.464 e. The fourth-order valence-electron chi connectivity index (χ4n) is 3.97. The van der Waals surface area contributed by atoms with Crippen molar-refractivity contribution in [3.05, 3.63) is 23.7 Å². The Balaban J connectivity index is 1.69. The SMILES string of the molecule is CC1CCCC(N(C)C(CN)c2ccc(C3CC3C)o2)C1. The van der Waals surface area contributed by atoms with E-state index >= 15 is 0 Å². The van der Waals surface area contributed by atoms with Crippen molar-refractivity contribution in [2.45, 2.75) is 64.0 Å². The molecule has 21 heavy (non-hydrogen) atoms. The Kier molecular flexibility index (Phi) is 4.41. The molecule has 2 aliphatic carbocycles. The molecular weight excluding hydrogens is 260 g/mol. The first-order valence-electron chi connectivity index (χ1n) is 8.61. The van der Waals surface area contributed by atoms with E-state index in [-0.39, 0.29) is 6.04 Å². The summed E-state index contributed by atoms with van der Waals surface area (Å²) < 4.78 is 6.15. The second kappa shape index (κ2) is 6.13. The Hall–Kier alpha value is -0.800. The summed E-state index contributed by atoms with van der Waals surface area (Å²) in [6.45, 7) is 5.30.